The molecule has 1 atom stereocenters. The quantitative estimate of drug-likeness (QED) is 0.899. The summed E-state index contributed by atoms with van der Waals surface area (Å²) in [6.45, 7) is 4.46. The minimum Gasteiger partial charge on any atom is -0.485 e. The topological polar surface area (TPSA) is 53.1 Å². The molecule has 0 saturated heterocycles. The second kappa shape index (κ2) is 5.23. The molecule has 0 aliphatic rings. The number of nitrogens with zero attached hydrogens (tertiary/aromatic N) is 2. The number of ether oxygens (including phenoxy) is 1. The molecule has 2 N–H and O–H groups in total. The van der Waals surface area contributed by atoms with Crippen molar-refractivity contribution in [2.24, 2.45) is 12.8 Å². The molecule has 0 spiro atoms. The van der Waals surface area contributed by atoms with E-state index < -0.39 is 0 Å². The fourth-order valence-corrected chi connectivity index (χ4v) is 1.83. The maximum atomic E-state index is 5.96. The van der Waals surface area contributed by atoms with Crippen LogP contribution in [-0.4, -0.2) is 9.55 Å². The molecule has 0 aliphatic heterocycles. The fourth-order valence-electron chi connectivity index (χ4n) is 1.83. The van der Waals surface area contributed by atoms with Crippen molar-refractivity contribution < 1.29 is 4.74 Å². The first-order valence-corrected chi connectivity index (χ1v) is 6.03. The van der Waals surface area contributed by atoms with Crippen LogP contribution >= 0.6 is 0 Å². The van der Waals surface area contributed by atoms with Crippen LogP contribution in [0.5, 0.6) is 5.75 Å². The summed E-state index contributed by atoms with van der Waals surface area (Å²) in [4.78, 5) is 4.23. The van der Waals surface area contributed by atoms with Crippen LogP contribution in [0.25, 0.3) is 0 Å². The van der Waals surface area contributed by atoms with Gasteiger partial charge in [-0.3, -0.25) is 0 Å². The van der Waals surface area contributed by atoms with E-state index in [1.54, 1.807) is 6.20 Å². The van der Waals surface area contributed by atoms with Gasteiger partial charge in [-0.1, -0.05) is 17.7 Å². The summed E-state index contributed by atoms with van der Waals surface area (Å²) in [5, 5.41) is 0. The Morgan fingerprint density at radius 3 is 2.83 bits per heavy atom. The summed E-state index contributed by atoms with van der Waals surface area (Å²) in [7, 11) is 1.95. The SMILES string of the molecule is Cc1ccc(OCc2nccn2C)c(C(C)N)c1. The zero-order valence-corrected chi connectivity index (χ0v) is 11.1. The molecule has 1 aromatic carbocycles. The van der Waals surface area contributed by atoms with Crippen LogP contribution in [-0.2, 0) is 13.7 Å². The van der Waals surface area contributed by atoms with Crippen molar-refractivity contribution >= 4 is 0 Å². The second-order valence-electron chi connectivity index (χ2n) is 4.57. The van der Waals surface area contributed by atoms with E-state index in [1.807, 2.05) is 36.9 Å². The van der Waals surface area contributed by atoms with Crippen LogP contribution in [0.1, 0.15) is 29.9 Å². The molecule has 96 valence electrons. The van der Waals surface area contributed by atoms with Crippen LogP contribution in [0.4, 0.5) is 0 Å². The van der Waals surface area contributed by atoms with E-state index in [9.17, 15) is 0 Å². The molecule has 1 unspecified atom stereocenters. The Balaban J connectivity index is 2.16. The van der Waals surface area contributed by atoms with Crippen LogP contribution in [0, 0.1) is 6.92 Å². The van der Waals surface area contributed by atoms with Gasteiger partial charge in [-0.2, -0.15) is 0 Å². The van der Waals surface area contributed by atoms with E-state index in [0.29, 0.717) is 6.61 Å². The van der Waals surface area contributed by atoms with Crippen molar-refractivity contribution in [1.29, 1.82) is 0 Å². The van der Waals surface area contributed by atoms with Gasteiger partial charge in [-0.15, -0.1) is 0 Å². The zero-order chi connectivity index (χ0) is 13.1. The van der Waals surface area contributed by atoms with Crippen molar-refractivity contribution in [1.82, 2.24) is 9.55 Å². The highest BCUT2D eigenvalue weighted by molar-refractivity contribution is 5.38. The summed E-state index contributed by atoms with van der Waals surface area (Å²) in [6, 6.07) is 6.02. The summed E-state index contributed by atoms with van der Waals surface area (Å²) < 4.78 is 7.76. The Bertz CT molecular complexity index is 532. The van der Waals surface area contributed by atoms with Crippen molar-refractivity contribution in [3.63, 3.8) is 0 Å². The summed E-state index contributed by atoms with van der Waals surface area (Å²) in [5.74, 6) is 1.73. The molecule has 4 heteroatoms. The number of hydrogen-bond donors (Lipinski definition) is 1. The molecular formula is C14H19N3O. The predicted octanol–water partition coefficient (Wildman–Crippen LogP) is 2.33. The second-order valence-corrected chi connectivity index (χ2v) is 4.57. The monoisotopic (exact) mass is 245 g/mol. The van der Waals surface area contributed by atoms with Crippen molar-refractivity contribution in [3.8, 4) is 5.75 Å². The molecule has 0 saturated carbocycles. The third-order valence-electron chi connectivity index (χ3n) is 2.93. The Labute approximate surface area is 107 Å². The van der Waals surface area contributed by atoms with Crippen LogP contribution in [0.2, 0.25) is 0 Å². The molecule has 0 amide bonds. The number of nitrogens with two attached hydrogens (primary N) is 1. The average molecular weight is 245 g/mol. The van der Waals surface area contributed by atoms with Gasteiger partial charge in [0.2, 0.25) is 0 Å². The fraction of sp³-hybridized carbons (Fsp3) is 0.357. The highest BCUT2D eigenvalue weighted by atomic mass is 16.5. The van der Waals surface area contributed by atoms with Gasteiger partial charge in [-0.05, 0) is 19.9 Å². The van der Waals surface area contributed by atoms with Gasteiger partial charge >= 0.3 is 0 Å². The van der Waals surface area contributed by atoms with Gasteiger partial charge in [0.1, 0.15) is 18.2 Å². The van der Waals surface area contributed by atoms with E-state index >= 15 is 0 Å². The lowest BCUT2D eigenvalue weighted by atomic mass is 10.1. The van der Waals surface area contributed by atoms with Gasteiger partial charge in [0.15, 0.2) is 0 Å². The van der Waals surface area contributed by atoms with Crippen LogP contribution in [0.3, 0.4) is 0 Å². The molecule has 1 aromatic heterocycles. The highest BCUT2D eigenvalue weighted by Gasteiger charge is 2.09. The van der Waals surface area contributed by atoms with E-state index in [1.165, 1.54) is 5.56 Å². The predicted molar refractivity (Wildman–Crippen MR) is 71.3 cm³/mol. The van der Waals surface area contributed by atoms with Gasteiger partial charge in [-0.25, -0.2) is 4.98 Å². The van der Waals surface area contributed by atoms with Crippen molar-refractivity contribution in [2.75, 3.05) is 0 Å². The molecule has 1 heterocycles. The van der Waals surface area contributed by atoms with Crippen molar-refractivity contribution in [2.45, 2.75) is 26.5 Å². The lowest BCUT2D eigenvalue weighted by Gasteiger charge is -2.14. The van der Waals surface area contributed by atoms with Gasteiger partial charge in [0.25, 0.3) is 0 Å². The standard InChI is InChI=1S/C14H19N3O/c1-10-4-5-13(12(8-10)11(2)15)18-9-14-16-6-7-17(14)3/h4-8,11H,9,15H2,1-3H3. The maximum absolute atomic E-state index is 5.96. The molecule has 2 aromatic rings. The lowest BCUT2D eigenvalue weighted by molar-refractivity contribution is 0.287. The van der Waals surface area contributed by atoms with E-state index in [2.05, 4.69) is 18.0 Å². The normalized spacial score (nSPS) is 12.4. The van der Waals surface area contributed by atoms with E-state index in [-0.39, 0.29) is 6.04 Å². The van der Waals surface area contributed by atoms with Gasteiger partial charge in [0, 0.05) is 31.0 Å². The van der Waals surface area contributed by atoms with Gasteiger partial charge < -0.3 is 15.0 Å². The van der Waals surface area contributed by atoms with Crippen LogP contribution in [0.15, 0.2) is 30.6 Å². The number of aryl methyl sites for hydroxylation is 2. The number of aromatic nitrogens is 2. The largest absolute Gasteiger partial charge is 0.485 e. The van der Waals surface area contributed by atoms with E-state index in [4.69, 9.17) is 10.5 Å². The maximum Gasteiger partial charge on any atom is 0.146 e. The first-order chi connectivity index (χ1) is 8.58. The highest BCUT2D eigenvalue weighted by Crippen LogP contribution is 2.25. The third kappa shape index (κ3) is 2.71. The first-order valence-electron chi connectivity index (χ1n) is 6.03. The average Bonchev–Trinajstić information content (AvgIpc) is 2.73. The first kappa shape index (κ1) is 12.6. The molecule has 18 heavy (non-hydrogen) atoms. The molecule has 0 bridgehead atoms. The Kier molecular flexibility index (Phi) is 3.67. The molecule has 0 aliphatic carbocycles. The zero-order valence-electron chi connectivity index (χ0n) is 11.1. The van der Waals surface area contributed by atoms with E-state index in [0.717, 1.165) is 17.1 Å². The summed E-state index contributed by atoms with van der Waals surface area (Å²) in [6.07, 6.45) is 3.67. The molecule has 4 nitrogen and oxygen atoms in total. The molecule has 0 radical (unpaired) electrons. The van der Waals surface area contributed by atoms with Gasteiger partial charge in [0.05, 0.1) is 0 Å². The smallest absolute Gasteiger partial charge is 0.146 e. The van der Waals surface area contributed by atoms with Crippen LogP contribution < -0.4 is 10.5 Å². The number of imidazole rings is 1. The lowest BCUT2D eigenvalue weighted by Crippen LogP contribution is -2.09. The number of rotatable bonds is 4. The minimum absolute atomic E-state index is 0.0405. The number of hydrogen-bond acceptors (Lipinski definition) is 3. The molecule has 0 fully saturated rings. The molecular weight excluding hydrogens is 226 g/mol. The Morgan fingerprint density at radius 2 is 2.22 bits per heavy atom. The minimum atomic E-state index is -0.0405. The Hall–Kier alpha value is -1.81. The van der Waals surface area contributed by atoms with Crippen molar-refractivity contribution in [3.05, 3.63) is 47.5 Å². The summed E-state index contributed by atoms with van der Waals surface area (Å²) in [5.41, 5.74) is 8.18. The molecule has 2 rings (SSSR count). The Morgan fingerprint density at radius 1 is 1.44 bits per heavy atom. The number of benzene rings is 1. The summed E-state index contributed by atoms with van der Waals surface area (Å²) >= 11 is 0. The third-order valence-corrected chi connectivity index (χ3v) is 2.93.